The first-order chi connectivity index (χ1) is 10.3. The molecule has 2 rings (SSSR count). The van der Waals surface area contributed by atoms with Crippen molar-refractivity contribution in [3.05, 3.63) is 18.5 Å². The molecular weight excluding hydrogens is 268 g/mol. The summed E-state index contributed by atoms with van der Waals surface area (Å²) in [5.41, 5.74) is 0. The zero-order chi connectivity index (χ0) is 15.1. The Kier molecular flexibility index (Phi) is 6.28. The Bertz CT molecular complexity index is 427. The first-order valence-corrected chi connectivity index (χ1v) is 7.62. The van der Waals surface area contributed by atoms with E-state index < -0.39 is 0 Å². The van der Waals surface area contributed by atoms with Gasteiger partial charge in [0.05, 0.1) is 19.2 Å². The number of nitrogens with zero attached hydrogens (tertiary/aromatic N) is 6. The fourth-order valence-corrected chi connectivity index (χ4v) is 2.83. The Morgan fingerprint density at radius 1 is 1.33 bits per heavy atom. The highest BCUT2D eigenvalue weighted by Gasteiger charge is 2.27. The molecule has 118 valence electrons. The Balaban J connectivity index is 2.00. The Hall–Kier alpha value is -1.31. The van der Waals surface area contributed by atoms with Gasteiger partial charge in [-0.15, -0.1) is 11.7 Å². The van der Waals surface area contributed by atoms with E-state index in [1.165, 1.54) is 0 Å². The van der Waals surface area contributed by atoms with Crippen LogP contribution in [0.5, 0.6) is 0 Å². The van der Waals surface area contributed by atoms with Crippen LogP contribution < -0.4 is 0 Å². The van der Waals surface area contributed by atoms with Crippen LogP contribution in [0.1, 0.15) is 25.2 Å². The van der Waals surface area contributed by atoms with E-state index in [2.05, 4.69) is 38.8 Å². The molecule has 0 bridgehead atoms. The van der Waals surface area contributed by atoms with Crippen molar-refractivity contribution in [2.24, 2.45) is 0 Å². The summed E-state index contributed by atoms with van der Waals surface area (Å²) in [5, 5.41) is 12.2. The summed E-state index contributed by atoms with van der Waals surface area (Å²) in [4.78, 5) is 4.90. The van der Waals surface area contributed by atoms with Crippen molar-refractivity contribution in [2.75, 3.05) is 46.4 Å². The van der Waals surface area contributed by atoms with Crippen LogP contribution in [-0.2, 0) is 11.3 Å². The maximum absolute atomic E-state index is 5.12. The minimum absolute atomic E-state index is 0.280. The minimum Gasteiger partial charge on any atom is -0.383 e. The predicted octanol–water partition coefficient (Wildman–Crippen LogP) is 0.574. The average molecular weight is 294 g/mol. The lowest BCUT2D eigenvalue weighted by atomic mass is 10.1. The summed E-state index contributed by atoms with van der Waals surface area (Å²) in [5.74, 6) is 0.951. The van der Waals surface area contributed by atoms with E-state index in [4.69, 9.17) is 4.74 Å². The average Bonchev–Trinajstić information content (AvgIpc) is 2.96. The summed E-state index contributed by atoms with van der Waals surface area (Å²) < 4.78 is 6.99. The molecule has 7 heteroatoms. The molecule has 0 radical (unpaired) electrons. The van der Waals surface area contributed by atoms with Crippen molar-refractivity contribution in [3.8, 4) is 0 Å². The Morgan fingerprint density at radius 3 is 2.71 bits per heavy atom. The number of ether oxygens (including phenoxy) is 1. The maximum atomic E-state index is 5.12. The van der Waals surface area contributed by atoms with Crippen molar-refractivity contribution in [1.82, 2.24) is 30.0 Å². The lowest BCUT2D eigenvalue weighted by molar-refractivity contribution is 0.0932. The van der Waals surface area contributed by atoms with Crippen molar-refractivity contribution in [1.29, 1.82) is 0 Å². The highest BCUT2D eigenvalue weighted by atomic mass is 16.5. The molecule has 0 spiro atoms. The standard InChI is InChI=1S/C14H26N6O/c1-4-6-18-7-9-19(10-8-18)13(5-2)14-15-16-17-20(14)11-12-21-3/h4,13H,1,5-12H2,2-3H3/t13-/m0/s1. The second-order valence-electron chi connectivity index (χ2n) is 5.30. The second-order valence-corrected chi connectivity index (χ2v) is 5.30. The quantitative estimate of drug-likeness (QED) is 0.654. The van der Waals surface area contributed by atoms with E-state index in [0.717, 1.165) is 45.0 Å². The summed E-state index contributed by atoms with van der Waals surface area (Å²) in [6, 6.07) is 0.280. The third-order valence-electron chi connectivity index (χ3n) is 3.99. The van der Waals surface area contributed by atoms with Crippen LogP contribution in [0.25, 0.3) is 0 Å². The van der Waals surface area contributed by atoms with Gasteiger partial charge in [-0.2, -0.15) is 0 Å². The van der Waals surface area contributed by atoms with Crippen molar-refractivity contribution in [2.45, 2.75) is 25.9 Å². The minimum atomic E-state index is 0.280. The molecule has 21 heavy (non-hydrogen) atoms. The van der Waals surface area contributed by atoms with Crippen molar-refractivity contribution < 1.29 is 4.74 Å². The van der Waals surface area contributed by atoms with Crippen LogP contribution in [-0.4, -0.2) is 76.4 Å². The van der Waals surface area contributed by atoms with Gasteiger partial charge in [-0.3, -0.25) is 9.80 Å². The molecule has 1 aliphatic rings. The Morgan fingerprint density at radius 2 is 2.10 bits per heavy atom. The first-order valence-electron chi connectivity index (χ1n) is 7.62. The Labute approximate surface area is 126 Å². The topological polar surface area (TPSA) is 59.3 Å². The van der Waals surface area contributed by atoms with E-state index in [1.807, 2.05) is 10.8 Å². The first kappa shape index (κ1) is 16.1. The molecule has 0 saturated carbocycles. The monoisotopic (exact) mass is 294 g/mol. The fourth-order valence-electron chi connectivity index (χ4n) is 2.83. The third kappa shape index (κ3) is 4.09. The number of tetrazole rings is 1. The van der Waals surface area contributed by atoms with Gasteiger partial charge in [0.25, 0.3) is 0 Å². The van der Waals surface area contributed by atoms with Gasteiger partial charge in [-0.1, -0.05) is 13.0 Å². The molecule has 0 aromatic carbocycles. The number of methoxy groups -OCH3 is 1. The smallest absolute Gasteiger partial charge is 0.168 e. The lowest BCUT2D eigenvalue weighted by Crippen LogP contribution is -2.47. The SMILES string of the molecule is C=CCN1CCN([C@@H](CC)c2nnnn2CCOC)CC1. The van der Waals surface area contributed by atoms with Crippen molar-refractivity contribution >= 4 is 0 Å². The molecule has 0 aliphatic carbocycles. The van der Waals surface area contributed by atoms with Crippen LogP contribution in [0.3, 0.4) is 0 Å². The van der Waals surface area contributed by atoms with Gasteiger partial charge < -0.3 is 4.74 Å². The fraction of sp³-hybridized carbons (Fsp3) is 0.786. The molecule has 0 N–H and O–H groups in total. The lowest BCUT2D eigenvalue weighted by Gasteiger charge is -2.38. The number of hydrogen-bond donors (Lipinski definition) is 0. The van der Waals surface area contributed by atoms with E-state index in [-0.39, 0.29) is 6.04 Å². The van der Waals surface area contributed by atoms with Gasteiger partial charge in [-0.25, -0.2) is 4.68 Å². The largest absolute Gasteiger partial charge is 0.383 e. The highest BCUT2D eigenvalue weighted by Crippen LogP contribution is 2.23. The number of piperazine rings is 1. The summed E-state index contributed by atoms with van der Waals surface area (Å²) in [6.07, 6.45) is 2.98. The van der Waals surface area contributed by atoms with Gasteiger partial charge in [-0.05, 0) is 16.8 Å². The molecule has 2 heterocycles. The summed E-state index contributed by atoms with van der Waals surface area (Å²) in [7, 11) is 1.69. The normalized spacial score (nSPS) is 18.8. The molecule has 1 aromatic rings. The van der Waals surface area contributed by atoms with Gasteiger partial charge in [0.2, 0.25) is 0 Å². The van der Waals surface area contributed by atoms with Gasteiger partial charge in [0.15, 0.2) is 5.82 Å². The van der Waals surface area contributed by atoms with Crippen LogP contribution in [0, 0.1) is 0 Å². The predicted molar refractivity (Wildman–Crippen MR) is 80.9 cm³/mol. The van der Waals surface area contributed by atoms with Gasteiger partial charge >= 0.3 is 0 Å². The van der Waals surface area contributed by atoms with Crippen LogP contribution in [0.4, 0.5) is 0 Å². The molecule has 1 atom stereocenters. The van der Waals surface area contributed by atoms with E-state index >= 15 is 0 Å². The number of aromatic nitrogens is 4. The summed E-state index contributed by atoms with van der Waals surface area (Å²) >= 11 is 0. The number of hydrogen-bond acceptors (Lipinski definition) is 6. The molecule has 7 nitrogen and oxygen atoms in total. The van der Waals surface area contributed by atoms with E-state index in [9.17, 15) is 0 Å². The third-order valence-corrected chi connectivity index (χ3v) is 3.99. The molecule has 0 unspecified atom stereocenters. The maximum Gasteiger partial charge on any atom is 0.168 e. The van der Waals surface area contributed by atoms with E-state index in [0.29, 0.717) is 13.2 Å². The molecular formula is C14H26N6O. The van der Waals surface area contributed by atoms with Crippen LogP contribution >= 0.6 is 0 Å². The summed E-state index contributed by atoms with van der Waals surface area (Å²) in [6.45, 7) is 12.5. The van der Waals surface area contributed by atoms with Gasteiger partial charge in [0, 0.05) is 39.8 Å². The van der Waals surface area contributed by atoms with Gasteiger partial charge in [0.1, 0.15) is 0 Å². The molecule has 1 fully saturated rings. The zero-order valence-electron chi connectivity index (χ0n) is 13.1. The second kappa shape index (κ2) is 8.21. The molecule has 1 aliphatic heterocycles. The van der Waals surface area contributed by atoms with Crippen molar-refractivity contribution in [3.63, 3.8) is 0 Å². The number of rotatable bonds is 8. The highest BCUT2D eigenvalue weighted by molar-refractivity contribution is 4.95. The van der Waals surface area contributed by atoms with Crippen LogP contribution in [0.15, 0.2) is 12.7 Å². The zero-order valence-corrected chi connectivity index (χ0v) is 13.1. The van der Waals surface area contributed by atoms with Crippen LogP contribution in [0.2, 0.25) is 0 Å². The molecule has 0 amide bonds. The molecule has 1 aromatic heterocycles. The molecule has 1 saturated heterocycles. The van der Waals surface area contributed by atoms with E-state index in [1.54, 1.807) is 7.11 Å².